The Morgan fingerprint density at radius 2 is 1.82 bits per heavy atom. The summed E-state index contributed by atoms with van der Waals surface area (Å²) in [6.07, 6.45) is -0.400. The van der Waals surface area contributed by atoms with Gasteiger partial charge in [0.15, 0.2) is 9.84 Å². The van der Waals surface area contributed by atoms with E-state index >= 15 is 0 Å². The fourth-order valence-electron chi connectivity index (χ4n) is 0.484. The molecule has 2 N–H and O–H groups in total. The van der Waals surface area contributed by atoms with Gasteiger partial charge in [-0.2, -0.15) is 0 Å². The van der Waals surface area contributed by atoms with Crippen LogP contribution in [0.4, 0.5) is 0 Å². The minimum atomic E-state index is -3.36. The predicted octanol–water partition coefficient (Wildman–Crippen LogP) is -1.13. The fraction of sp³-hybridized carbons (Fsp3) is 0.800. The van der Waals surface area contributed by atoms with Crippen LogP contribution in [0.15, 0.2) is 0 Å². The van der Waals surface area contributed by atoms with Crippen LogP contribution in [0.25, 0.3) is 0 Å². The zero-order chi connectivity index (χ0) is 8.91. The van der Waals surface area contributed by atoms with Crippen molar-refractivity contribution in [3.8, 4) is 0 Å². The molecule has 0 aliphatic rings. The first kappa shape index (κ1) is 10.4. The van der Waals surface area contributed by atoms with Gasteiger partial charge in [-0.25, -0.2) is 8.42 Å². The number of hydrogen-bond acceptors (Lipinski definition) is 4. The molecule has 0 aliphatic heterocycles. The zero-order valence-corrected chi connectivity index (χ0v) is 6.67. The monoisotopic (exact) mass is 182 g/mol. The molecule has 66 valence electrons. The molecule has 0 aromatic carbocycles. The van der Waals surface area contributed by atoms with E-state index in [0.717, 1.165) is 0 Å². The lowest BCUT2D eigenvalue weighted by Crippen LogP contribution is -2.16. The number of carboxylic acids is 1. The Morgan fingerprint density at radius 1 is 1.27 bits per heavy atom. The first-order valence-electron chi connectivity index (χ1n) is 3.01. The van der Waals surface area contributed by atoms with E-state index in [4.69, 9.17) is 10.2 Å². The molecule has 0 aromatic heterocycles. The summed E-state index contributed by atoms with van der Waals surface area (Å²) in [6, 6.07) is 0. The Balaban J connectivity index is 3.84. The van der Waals surface area contributed by atoms with Gasteiger partial charge in [0.1, 0.15) is 0 Å². The van der Waals surface area contributed by atoms with Gasteiger partial charge in [0, 0.05) is 0 Å². The molecule has 0 heterocycles. The third-order valence-electron chi connectivity index (χ3n) is 1.03. The van der Waals surface area contributed by atoms with Gasteiger partial charge in [0.2, 0.25) is 0 Å². The molecule has 0 saturated heterocycles. The van der Waals surface area contributed by atoms with E-state index in [-0.39, 0.29) is 5.75 Å². The van der Waals surface area contributed by atoms with Crippen molar-refractivity contribution < 1.29 is 23.4 Å². The van der Waals surface area contributed by atoms with Gasteiger partial charge in [-0.05, 0) is 0 Å². The van der Waals surface area contributed by atoms with E-state index in [9.17, 15) is 13.2 Å². The van der Waals surface area contributed by atoms with E-state index < -0.39 is 34.6 Å². The Bertz CT molecular complexity index is 217. The summed E-state index contributed by atoms with van der Waals surface area (Å²) in [5, 5.41) is 16.4. The van der Waals surface area contributed by atoms with Crippen LogP contribution in [0, 0.1) is 0 Å². The number of aliphatic hydroxyl groups is 1. The second-order valence-electron chi connectivity index (χ2n) is 2.02. The average molecular weight is 182 g/mol. The summed E-state index contributed by atoms with van der Waals surface area (Å²) in [5.41, 5.74) is 0. The van der Waals surface area contributed by atoms with Crippen molar-refractivity contribution in [2.24, 2.45) is 0 Å². The molecule has 0 spiro atoms. The van der Waals surface area contributed by atoms with E-state index in [1.54, 1.807) is 0 Å². The highest BCUT2D eigenvalue weighted by atomic mass is 32.2. The highest BCUT2D eigenvalue weighted by Crippen LogP contribution is 1.92. The summed E-state index contributed by atoms with van der Waals surface area (Å²) >= 11 is 0. The molecule has 0 unspecified atom stereocenters. The highest BCUT2D eigenvalue weighted by molar-refractivity contribution is 7.91. The minimum Gasteiger partial charge on any atom is -0.481 e. The molecule has 0 aromatic rings. The van der Waals surface area contributed by atoms with Gasteiger partial charge in [-0.15, -0.1) is 0 Å². The Labute approximate surface area is 64.6 Å². The largest absolute Gasteiger partial charge is 0.481 e. The number of aliphatic carboxylic acids is 1. The lowest BCUT2D eigenvalue weighted by molar-refractivity contribution is -0.136. The summed E-state index contributed by atoms with van der Waals surface area (Å²) in [7, 11) is -3.36. The van der Waals surface area contributed by atoms with E-state index in [2.05, 4.69) is 0 Å². The molecule has 0 atom stereocenters. The summed E-state index contributed by atoms with van der Waals surface area (Å²) in [4.78, 5) is 9.92. The van der Waals surface area contributed by atoms with E-state index in [1.165, 1.54) is 0 Å². The Hall–Kier alpha value is -0.620. The van der Waals surface area contributed by atoms with Crippen LogP contribution in [0.2, 0.25) is 0 Å². The maximum Gasteiger partial charge on any atom is 0.304 e. The molecule has 0 radical (unpaired) electrons. The molecular weight excluding hydrogens is 172 g/mol. The van der Waals surface area contributed by atoms with Crippen LogP contribution in [0.1, 0.15) is 6.42 Å². The van der Waals surface area contributed by atoms with Crippen molar-refractivity contribution in [3.63, 3.8) is 0 Å². The molecule has 0 saturated carbocycles. The molecule has 0 amide bonds. The van der Waals surface area contributed by atoms with Crippen molar-refractivity contribution in [1.82, 2.24) is 0 Å². The standard InChI is InChI=1S/C5H10O5S/c6-2-4-11(9,10)3-1-5(7)8/h6H,1-4H2,(H,7,8). The van der Waals surface area contributed by atoms with Gasteiger partial charge < -0.3 is 10.2 Å². The number of rotatable bonds is 5. The quantitative estimate of drug-likeness (QED) is 0.561. The number of carboxylic acid groups (broad SMARTS) is 1. The van der Waals surface area contributed by atoms with Crippen molar-refractivity contribution in [2.75, 3.05) is 18.1 Å². The van der Waals surface area contributed by atoms with Crippen LogP contribution in [-0.2, 0) is 14.6 Å². The van der Waals surface area contributed by atoms with Gasteiger partial charge in [0.25, 0.3) is 0 Å². The maximum atomic E-state index is 10.7. The molecular formula is C5H10O5S. The van der Waals surface area contributed by atoms with Crippen LogP contribution >= 0.6 is 0 Å². The van der Waals surface area contributed by atoms with Crippen LogP contribution < -0.4 is 0 Å². The summed E-state index contributed by atoms with van der Waals surface area (Å²) < 4.78 is 21.4. The number of carbonyl (C=O) groups is 1. The van der Waals surface area contributed by atoms with Gasteiger partial charge in [-0.1, -0.05) is 0 Å². The Kier molecular flexibility index (Phi) is 4.06. The van der Waals surface area contributed by atoms with Crippen molar-refractivity contribution in [3.05, 3.63) is 0 Å². The van der Waals surface area contributed by atoms with Crippen molar-refractivity contribution in [2.45, 2.75) is 6.42 Å². The van der Waals surface area contributed by atoms with Gasteiger partial charge in [-0.3, -0.25) is 4.79 Å². The lowest BCUT2D eigenvalue weighted by Gasteiger charge is -1.97. The topological polar surface area (TPSA) is 91.7 Å². The normalized spacial score (nSPS) is 11.4. The third kappa shape index (κ3) is 5.81. The maximum absolute atomic E-state index is 10.7. The second-order valence-corrected chi connectivity index (χ2v) is 4.32. The summed E-state index contributed by atoms with van der Waals surface area (Å²) in [6.45, 7) is -0.456. The highest BCUT2D eigenvalue weighted by Gasteiger charge is 2.11. The molecule has 0 fully saturated rings. The van der Waals surface area contributed by atoms with Crippen LogP contribution in [0.3, 0.4) is 0 Å². The second kappa shape index (κ2) is 4.30. The third-order valence-corrected chi connectivity index (χ3v) is 2.66. The van der Waals surface area contributed by atoms with E-state index in [0.29, 0.717) is 0 Å². The molecule has 0 aliphatic carbocycles. The zero-order valence-electron chi connectivity index (χ0n) is 5.86. The minimum absolute atomic E-state index is 0.361. The van der Waals surface area contributed by atoms with Crippen LogP contribution in [0.5, 0.6) is 0 Å². The number of sulfone groups is 1. The SMILES string of the molecule is O=C(O)CCS(=O)(=O)CCO. The molecule has 11 heavy (non-hydrogen) atoms. The lowest BCUT2D eigenvalue weighted by atomic mass is 10.5. The molecule has 6 heteroatoms. The van der Waals surface area contributed by atoms with Crippen molar-refractivity contribution >= 4 is 15.8 Å². The predicted molar refractivity (Wildman–Crippen MR) is 38.0 cm³/mol. The molecule has 0 rings (SSSR count). The van der Waals surface area contributed by atoms with Gasteiger partial charge >= 0.3 is 5.97 Å². The number of hydrogen-bond donors (Lipinski definition) is 2. The number of aliphatic hydroxyl groups excluding tert-OH is 1. The first-order chi connectivity index (χ1) is 4.98. The summed E-state index contributed by atoms with van der Waals surface area (Å²) in [5.74, 6) is -1.91. The van der Waals surface area contributed by atoms with Crippen LogP contribution in [-0.4, -0.2) is 42.7 Å². The van der Waals surface area contributed by atoms with E-state index in [1.807, 2.05) is 0 Å². The fourth-order valence-corrected chi connectivity index (χ4v) is 1.45. The molecule has 0 bridgehead atoms. The Morgan fingerprint density at radius 3 is 2.18 bits per heavy atom. The van der Waals surface area contributed by atoms with Gasteiger partial charge in [0.05, 0.1) is 24.5 Å². The average Bonchev–Trinajstić information content (AvgIpc) is 1.84. The van der Waals surface area contributed by atoms with Crippen molar-refractivity contribution in [1.29, 1.82) is 0 Å². The molecule has 5 nitrogen and oxygen atoms in total. The smallest absolute Gasteiger partial charge is 0.304 e. The first-order valence-corrected chi connectivity index (χ1v) is 4.83.